The fourth-order valence-corrected chi connectivity index (χ4v) is 3.20. The molecular formula is C25H29NO4. The van der Waals surface area contributed by atoms with Crippen LogP contribution in [-0.2, 0) is 0 Å². The second kappa shape index (κ2) is 10.5. The van der Waals surface area contributed by atoms with Gasteiger partial charge in [0.25, 0.3) is 0 Å². The van der Waals surface area contributed by atoms with E-state index in [1.807, 2.05) is 82.3 Å². The Bertz CT molecular complexity index is 848. The molecule has 1 heterocycles. The van der Waals surface area contributed by atoms with Crippen LogP contribution in [0.25, 0.3) is 22.5 Å². The third kappa shape index (κ3) is 5.44. The lowest BCUT2D eigenvalue weighted by Gasteiger charge is -2.13. The maximum atomic E-state index is 5.71. The Morgan fingerprint density at radius 1 is 0.533 bits per heavy atom. The molecule has 0 aliphatic carbocycles. The van der Waals surface area contributed by atoms with Crippen LogP contribution in [0.2, 0.25) is 0 Å². The first kappa shape index (κ1) is 21.5. The average molecular weight is 408 g/mol. The predicted octanol–water partition coefficient (Wildman–Crippen LogP) is 6.01. The molecule has 0 N–H and O–H groups in total. The van der Waals surface area contributed by atoms with Gasteiger partial charge in [-0.2, -0.15) is 0 Å². The topological polar surface area (TPSA) is 49.8 Å². The third-order valence-electron chi connectivity index (χ3n) is 4.34. The molecule has 3 rings (SSSR count). The standard InChI is InChI=1S/C25H29NO4/c1-5-27-20-12-18(13-21(16-20)28-6-2)24-10-9-11-25(26-24)19-14-22(29-7-3)17-23(15-19)30-8-4/h9-17H,5-8H2,1-4H3. The van der Waals surface area contributed by atoms with Crippen LogP contribution < -0.4 is 18.9 Å². The van der Waals surface area contributed by atoms with Crippen LogP contribution in [-0.4, -0.2) is 31.4 Å². The number of hydrogen-bond acceptors (Lipinski definition) is 5. The number of benzene rings is 2. The molecule has 0 aliphatic heterocycles. The van der Waals surface area contributed by atoms with Crippen molar-refractivity contribution in [3.63, 3.8) is 0 Å². The van der Waals surface area contributed by atoms with Gasteiger partial charge in [-0.05, 0) is 64.1 Å². The van der Waals surface area contributed by atoms with Crippen LogP contribution >= 0.6 is 0 Å². The van der Waals surface area contributed by atoms with Crippen molar-refractivity contribution in [1.82, 2.24) is 4.98 Å². The Hall–Kier alpha value is -3.21. The zero-order chi connectivity index (χ0) is 21.3. The Labute approximate surface area is 178 Å². The van der Waals surface area contributed by atoms with Gasteiger partial charge < -0.3 is 18.9 Å². The molecule has 5 nitrogen and oxygen atoms in total. The molecule has 158 valence electrons. The molecule has 0 fully saturated rings. The summed E-state index contributed by atoms with van der Waals surface area (Å²) in [6, 6.07) is 17.7. The highest BCUT2D eigenvalue weighted by Gasteiger charge is 2.10. The molecule has 1 aromatic heterocycles. The summed E-state index contributed by atoms with van der Waals surface area (Å²) in [7, 11) is 0. The molecule has 0 atom stereocenters. The van der Waals surface area contributed by atoms with Crippen LogP contribution in [0.1, 0.15) is 27.7 Å². The number of ether oxygens (including phenoxy) is 4. The van der Waals surface area contributed by atoms with Crippen molar-refractivity contribution in [3.05, 3.63) is 54.6 Å². The Balaban J connectivity index is 2.02. The lowest BCUT2D eigenvalue weighted by molar-refractivity contribution is 0.323. The fourth-order valence-electron chi connectivity index (χ4n) is 3.20. The first-order valence-corrected chi connectivity index (χ1v) is 10.5. The normalized spacial score (nSPS) is 10.5. The summed E-state index contributed by atoms with van der Waals surface area (Å²) in [4.78, 5) is 4.90. The minimum Gasteiger partial charge on any atom is -0.494 e. The van der Waals surface area contributed by atoms with Crippen molar-refractivity contribution < 1.29 is 18.9 Å². The molecule has 5 heteroatoms. The van der Waals surface area contributed by atoms with Crippen LogP contribution in [0.4, 0.5) is 0 Å². The quantitative estimate of drug-likeness (QED) is 0.412. The van der Waals surface area contributed by atoms with E-state index in [-0.39, 0.29) is 0 Å². The zero-order valence-electron chi connectivity index (χ0n) is 18.1. The minimum absolute atomic E-state index is 0.590. The molecule has 0 amide bonds. The monoisotopic (exact) mass is 407 g/mol. The van der Waals surface area contributed by atoms with E-state index in [1.165, 1.54) is 0 Å². The van der Waals surface area contributed by atoms with Crippen molar-refractivity contribution in [2.24, 2.45) is 0 Å². The molecule has 0 aliphatic rings. The highest BCUT2D eigenvalue weighted by Crippen LogP contribution is 2.33. The van der Waals surface area contributed by atoms with Crippen LogP contribution in [0, 0.1) is 0 Å². The lowest BCUT2D eigenvalue weighted by atomic mass is 10.1. The largest absolute Gasteiger partial charge is 0.494 e. The Morgan fingerprint density at radius 3 is 1.17 bits per heavy atom. The summed E-state index contributed by atoms with van der Waals surface area (Å²) in [6.07, 6.45) is 0. The summed E-state index contributed by atoms with van der Waals surface area (Å²) < 4.78 is 22.9. The maximum absolute atomic E-state index is 5.71. The fraction of sp³-hybridized carbons (Fsp3) is 0.320. The summed E-state index contributed by atoms with van der Waals surface area (Å²) in [6.45, 7) is 10.2. The number of nitrogens with zero attached hydrogens (tertiary/aromatic N) is 1. The van der Waals surface area contributed by atoms with Gasteiger partial charge in [0.15, 0.2) is 0 Å². The van der Waals surface area contributed by atoms with E-state index in [0.29, 0.717) is 26.4 Å². The van der Waals surface area contributed by atoms with E-state index in [9.17, 15) is 0 Å². The Kier molecular flexibility index (Phi) is 7.55. The van der Waals surface area contributed by atoms with Crippen LogP contribution in [0.15, 0.2) is 54.6 Å². The van der Waals surface area contributed by atoms with Crippen molar-refractivity contribution in [3.8, 4) is 45.5 Å². The maximum Gasteiger partial charge on any atom is 0.123 e. The molecule has 0 spiro atoms. The number of pyridine rings is 1. The molecule has 0 unspecified atom stereocenters. The number of rotatable bonds is 10. The number of hydrogen-bond donors (Lipinski definition) is 0. The van der Waals surface area contributed by atoms with Crippen molar-refractivity contribution in [2.45, 2.75) is 27.7 Å². The van der Waals surface area contributed by atoms with Crippen molar-refractivity contribution in [1.29, 1.82) is 0 Å². The van der Waals surface area contributed by atoms with E-state index in [4.69, 9.17) is 23.9 Å². The molecule has 3 aromatic rings. The molecule has 2 aromatic carbocycles. The van der Waals surface area contributed by atoms with Gasteiger partial charge in [-0.1, -0.05) is 6.07 Å². The van der Waals surface area contributed by atoms with E-state index in [0.717, 1.165) is 45.5 Å². The summed E-state index contributed by atoms with van der Waals surface area (Å²) in [5, 5.41) is 0. The van der Waals surface area contributed by atoms with Gasteiger partial charge in [-0.15, -0.1) is 0 Å². The summed E-state index contributed by atoms with van der Waals surface area (Å²) in [5.74, 6) is 3.07. The SMILES string of the molecule is CCOc1cc(OCC)cc(-c2cccc(-c3cc(OCC)cc(OCC)c3)n2)c1. The second-order valence-corrected chi connectivity index (χ2v) is 6.53. The van der Waals surface area contributed by atoms with E-state index >= 15 is 0 Å². The van der Waals surface area contributed by atoms with Gasteiger partial charge in [-0.3, -0.25) is 0 Å². The Morgan fingerprint density at radius 2 is 0.867 bits per heavy atom. The van der Waals surface area contributed by atoms with Gasteiger partial charge in [-0.25, -0.2) is 4.98 Å². The van der Waals surface area contributed by atoms with Crippen molar-refractivity contribution >= 4 is 0 Å². The van der Waals surface area contributed by atoms with Crippen LogP contribution in [0.3, 0.4) is 0 Å². The first-order valence-electron chi connectivity index (χ1n) is 10.5. The zero-order valence-corrected chi connectivity index (χ0v) is 18.1. The predicted molar refractivity (Wildman–Crippen MR) is 120 cm³/mol. The molecular weight excluding hydrogens is 378 g/mol. The highest BCUT2D eigenvalue weighted by atomic mass is 16.5. The highest BCUT2D eigenvalue weighted by molar-refractivity contribution is 5.70. The lowest BCUT2D eigenvalue weighted by Crippen LogP contribution is -1.97. The molecule has 30 heavy (non-hydrogen) atoms. The van der Waals surface area contributed by atoms with E-state index in [1.54, 1.807) is 0 Å². The number of aromatic nitrogens is 1. The van der Waals surface area contributed by atoms with Gasteiger partial charge in [0.2, 0.25) is 0 Å². The second-order valence-electron chi connectivity index (χ2n) is 6.53. The summed E-state index contributed by atoms with van der Waals surface area (Å²) in [5.41, 5.74) is 3.57. The van der Waals surface area contributed by atoms with Crippen LogP contribution in [0.5, 0.6) is 23.0 Å². The van der Waals surface area contributed by atoms with E-state index < -0.39 is 0 Å². The average Bonchev–Trinajstić information content (AvgIpc) is 2.74. The molecule has 0 saturated heterocycles. The van der Waals surface area contributed by atoms with Gasteiger partial charge >= 0.3 is 0 Å². The van der Waals surface area contributed by atoms with Gasteiger partial charge in [0.05, 0.1) is 37.8 Å². The molecule has 0 radical (unpaired) electrons. The minimum atomic E-state index is 0.590. The third-order valence-corrected chi connectivity index (χ3v) is 4.34. The molecule has 0 bridgehead atoms. The van der Waals surface area contributed by atoms with E-state index in [2.05, 4.69) is 0 Å². The summed E-state index contributed by atoms with van der Waals surface area (Å²) >= 11 is 0. The first-order chi connectivity index (χ1) is 14.7. The van der Waals surface area contributed by atoms with Gasteiger partial charge in [0, 0.05) is 23.3 Å². The van der Waals surface area contributed by atoms with Crippen molar-refractivity contribution in [2.75, 3.05) is 26.4 Å². The van der Waals surface area contributed by atoms with Gasteiger partial charge in [0.1, 0.15) is 23.0 Å². The molecule has 0 saturated carbocycles. The smallest absolute Gasteiger partial charge is 0.123 e.